The lowest BCUT2D eigenvalue weighted by Crippen LogP contribution is -2.52. The van der Waals surface area contributed by atoms with Crippen molar-refractivity contribution in [2.24, 2.45) is 0 Å². The first-order valence-electron chi connectivity index (χ1n) is 4.67. The van der Waals surface area contributed by atoms with Gasteiger partial charge >= 0.3 is 18.1 Å². The summed E-state index contributed by atoms with van der Waals surface area (Å²) in [4.78, 5) is 21.7. The van der Waals surface area contributed by atoms with Gasteiger partial charge in [0.15, 0.2) is 0 Å². The van der Waals surface area contributed by atoms with Crippen LogP contribution in [0.3, 0.4) is 0 Å². The van der Waals surface area contributed by atoms with Crippen LogP contribution in [0.4, 0.5) is 22.0 Å². The third-order valence-corrected chi connectivity index (χ3v) is 2.25. The lowest BCUT2D eigenvalue weighted by molar-refractivity contribution is -0.180. The molecule has 0 radical (unpaired) electrons. The summed E-state index contributed by atoms with van der Waals surface area (Å²) in [5.74, 6) is -6.94. The van der Waals surface area contributed by atoms with Gasteiger partial charge in [-0.25, -0.2) is 13.8 Å². The zero-order valence-corrected chi connectivity index (χ0v) is 9.05. The molecule has 0 aromatic heterocycles. The van der Waals surface area contributed by atoms with Crippen LogP contribution in [-0.2, 0) is 14.3 Å². The van der Waals surface area contributed by atoms with Gasteiger partial charge in [0, 0.05) is 6.42 Å². The van der Waals surface area contributed by atoms with Crippen molar-refractivity contribution in [2.45, 2.75) is 24.6 Å². The van der Waals surface area contributed by atoms with Crippen LogP contribution < -0.4 is 5.43 Å². The van der Waals surface area contributed by atoms with Crippen molar-refractivity contribution in [3.05, 3.63) is 0 Å². The molecule has 0 aromatic carbocycles. The molecule has 0 bridgehead atoms. The molecule has 1 aliphatic rings. The van der Waals surface area contributed by atoms with Crippen LogP contribution in [0.5, 0.6) is 0 Å². The van der Waals surface area contributed by atoms with E-state index in [1.54, 1.807) is 0 Å². The van der Waals surface area contributed by atoms with Crippen molar-refractivity contribution in [3.8, 4) is 0 Å². The number of nitrogens with zero attached hydrogens (tertiary/aromatic N) is 1. The minimum atomic E-state index is -5.22. The maximum absolute atomic E-state index is 13.0. The molecular weight excluding hydrogens is 267 g/mol. The molecule has 0 spiro atoms. The van der Waals surface area contributed by atoms with E-state index in [-0.39, 0.29) is 5.01 Å². The highest BCUT2D eigenvalue weighted by Crippen LogP contribution is 2.31. The average molecular weight is 276 g/mol. The third kappa shape index (κ3) is 3.28. The number of hydrazine groups is 1. The second-order valence-corrected chi connectivity index (χ2v) is 3.67. The Hall–Kier alpha value is -1.45. The Balaban J connectivity index is 2.79. The molecule has 1 amide bonds. The van der Waals surface area contributed by atoms with E-state index in [1.807, 2.05) is 0 Å². The van der Waals surface area contributed by atoms with Gasteiger partial charge in [0.1, 0.15) is 6.04 Å². The zero-order valence-electron chi connectivity index (χ0n) is 9.05. The number of carbonyl (C=O) groups is 2. The van der Waals surface area contributed by atoms with Gasteiger partial charge in [-0.15, -0.1) is 0 Å². The molecule has 104 valence electrons. The first-order valence-corrected chi connectivity index (χ1v) is 4.67. The largest absolute Gasteiger partial charge is 0.472 e. The van der Waals surface area contributed by atoms with E-state index in [2.05, 4.69) is 4.74 Å². The van der Waals surface area contributed by atoms with Gasteiger partial charge in [0.2, 0.25) is 0 Å². The molecule has 1 rings (SSSR count). The molecule has 1 fully saturated rings. The molecule has 1 heterocycles. The Kier molecular flexibility index (Phi) is 3.79. The van der Waals surface area contributed by atoms with E-state index in [0.717, 1.165) is 7.11 Å². The lowest BCUT2D eigenvalue weighted by atomic mass is 10.2. The highest BCUT2D eigenvalue weighted by atomic mass is 19.4. The second-order valence-electron chi connectivity index (χ2n) is 3.67. The van der Waals surface area contributed by atoms with Crippen LogP contribution in [0.2, 0.25) is 0 Å². The van der Waals surface area contributed by atoms with Gasteiger partial charge in [0.05, 0.1) is 13.7 Å². The summed E-state index contributed by atoms with van der Waals surface area (Å²) in [6.45, 7) is -1.19. The van der Waals surface area contributed by atoms with Gasteiger partial charge < -0.3 is 4.74 Å². The van der Waals surface area contributed by atoms with E-state index in [4.69, 9.17) is 0 Å². The van der Waals surface area contributed by atoms with Crippen LogP contribution in [0, 0.1) is 0 Å². The fourth-order valence-corrected chi connectivity index (χ4v) is 1.47. The third-order valence-electron chi connectivity index (χ3n) is 2.25. The number of hydrogen-bond donors (Lipinski definition) is 1. The molecule has 18 heavy (non-hydrogen) atoms. The van der Waals surface area contributed by atoms with Crippen LogP contribution in [0.15, 0.2) is 0 Å². The highest BCUT2D eigenvalue weighted by Gasteiger charge is 2.51. The summed E-state index contributed by atoms with van der Waals surface area (Å²) in [5, 5.41) is 0.238. The van der Waals surface area contributed by atoms with Gasteiger partial charge in [-0.2, -0.15) is 13.2 Å². The van der Waals surface area contributed by atoms with Crippen molar-refractivity contribution in [1.82, 2.24) is 10.4 Å². The first kappa shape index (κ1) is 14.6. The Morgan fingerprint density at radius 3 is 2.39 bits per heavy atom. The second kappa shape index (κ2) is 4.67. The van der Waals surface area contributed by atoms with Gasteiger partial charge in [0.25, 0.3) is 5.92 Å². The SMILES string of the molecule is COC(=O)C1CC(F)(F)CN1NC(=O)C(F)(F)F. The number of alkyl halides is 5. The summed E-state index contributed by atoms with van der Waals surface area (Å²) < 4.78 is 66.1. The molecule has 1 saturated heterocycles. The number of methoxy groups -OCH3 is 1. The predicted molar refractivity (Wildman–Crippen MR) is 46.3 cm³/mol. The van der Waals surface area contributed by atoms with Crippen molar-refractivity contribution in [1.29, 1.82) is 0 Å². The summed E-state index contributed by atoms with van der Waals surface area (Å²) in [6, 6.07) is -1.64. The minimum absolute atomic E-state index is 0.238. The number of esters is 1. The minimum Gasteiger partial charge on any atom is -0.468 e. The molecule has 1 aliphatic heterocycles. The van der Waals surface area contributed by atoms with E-state index < -0.39 is 43.0 Å². The van der Waals surface area contributed by atoms with E-state index in [0.29, 0.717) is 0 Å². The lowest BCUT2D eigenvalue weighted by Gasteiger charge is -2.22. The first-order chi connectivity index (χ1) is 8.07. The maximum atomic E-state index is 13.0. The van der Waals surface area contributed by atoms with Crippen molar-refractivity contribution >= 4 is 11.9 Å². The smallest absolute Gasteiger partial charge is 0.468 e. The molecule has 0 aliphatic carbocycles. The van der Waals surface area contributed by atoms with Gasteiger partial charge in [-0.05, 0) is 0 Å². The normalized spacial score (nSPS) is 23.8. The molecule has 0 aromatic rings. The number of rotatable bonds is 2. The topological polar surface area (TPSA) is 58.6 Å². The zero-order chi connectivity index (χ0) is 14.1. The number of carbonyl (C=O) groups excluding carboxylic acids is 2. The van der Waals surface area contributed by atoms with E-state index in [1.165, 1.54) is 5.43 Å². The van der Waals surface area contributed by atoms with E-state index >= 15 is 0 Å². The van der Waals surface area contributed by atoms with Crippen molar-refractivity contribution in [2.75, 3.05) is 13.7 Å². The average Bonchev–Trinajstić information content (AvgIpc) is 2.51. The molecule has 1 unspecified atom stereocenters. The molecule has 10 heteroatoms. The Bertz CT molecular complexity index is 357. The molecule has 1 N–H and O–H groups in total. The molecule has 1 atom stereocenters. The van der Waals surface area contributed by atoms with Crippen LogP contribution in [0.25, 0.3) is 0 Å². The van der Waals surface area contributed by atoms with Crippen LogP contribution >= 0.6 is 0 Å². The van der Waals surface area contributed by atoms with Crippen molar-refractivity contribution < 1.29 is 36.3 Å². The van der Waals surface area contributed by atoms with Crippen LogP contribution in [0.1, 0.15) is 6.42 Å². The summed E-state index contributed by atoms with van der Waals surface area (Å²) in [7, 11) is 0.905. The fraction of sp³-hybridized carbons (Fsp3) is 0.750. The monoisotopic (exact) mass is 276 g/mol. The van der Waals surface area contributed by atoms with E-state index in [9.17, 15) is 31.5 Å². The molecular formula is C8H9F5N2O3. The number of halogens is 5. The van der Waals surface area contributed by atoms with Gasteiger partial charge in [-0.3, -0.25) is 15.0 Å². The van der Waals surface area contributed by atoms with Crippen molar-refractivity contribution in [3.63, 3.8) is 0 Å². The summed E-state index contributed by atoms with van der Waals surface area (Å²) >= 11 is 0. The Morgan fingerprint density at radius 2 is 1.94 bits per heavy atom. The van der Waals surface area contributed by atoms with Crippen LogP contribution in [-0.4, -0.2) is 48.7 Å². The standard InChI is InChI=1S/C8H9F5N2O3/c1-18-5(16)4-2-7(9,10)3-15(4)14-6(17)8(11,12)13/h4H,2-3H2,1H3,(H,14,17). The molecule has 0 saturated carbocycles. The quantitative estimate of drug-likeness (QED) is 0.588. The number of hydrogen-bond acceptors (Lipinski definition) is 4. The summed E-state index contributed by atoms with van der Waals surface area (Å²) in [6.07, 6.45) is -6.24. The number of nitrogens with one attached hydrogen (secondary N) is 1. The maximum Gasteiger partial charge on any atom is 0.472 e. The number of amides is 1. The highest BCUT2D eigenvalue weighted by molar-refractivity contribution is 5.82. The Morgan fingerprint density at radius 1 is 1.39 bits per heavy atom. The summed E-state index contributed by atoms with van der Waals surface area (Å²) in [5.41, 5.74) is 1.23. The predicted octanol–water partition coefficient (Wildman–Crippen LogP) is 0.462. The van der Waals surface area contributed by atoms with Gasteiger partial charge in [-0.1, -0.05) is 0 Å². The Labute approximate surface area is 97.8 Å². The molecule has 5 nitrogen and oxygen atoms in total. The fourth-order valence-electron chi connectivity index (χ4n) is 1.47. The number of ether oxygens (including phenoxy) is 1.